The van der Waals surface area contributed by atoms with Crippen LogP contribution >= 0.6 is 0 Å². The van der Waals surface area contributed by atoms with Crippen molar-refractivity contribution in [3.63, 3.8) is 0 Å². The molecule has 1 saturated heterocycles. The molecule has 4 heteroatoms. The molecule has 4 rings (SSSR count). The Hall–Kier alpha value is -2.59. The van der Waals surface area contributed by atoms with Gasteiger partial charge in [-0.15, -0.1) is 0 Å². The van der Waals surface area contributed by atoms with Gasteiger partial charge in [-0.2, -0.15) is 0 Å². The Morgan fingerprint density at radius 2 is 1.60 bits per heavy atom. The van der Waals surface area contributed by atoms with E-state index in [1.165, 1.54) is 18.4 Å². The molecule has 0 N–H and O–H groups in total. The lowest BCUT2D eigenvalue weighted by Gasteiger charge is -2.31. The highest BCUT2D eigenvalue weighted by atomic mass is 16.7. The molecule has 0 spiro atoms. The standard InChI is InChI=1S/C26H31NO3/c1-20(28)12-13-21-14-17-27(18-15-21)16-6-9-22-23-7-2-4-10-25(23)29-19-30-26-11-5-3-8-24(22)26/h2-5,7-11,21H,6,12-19H2,1H3. The van der Waals surface area contributed by atoms with E-state index in [4.69, 9.17) is 9.47 Å². The summed E-state index contributed by atoms with van der Waals surface area (Å²) in [5.74, 6) is 2.76. The lowest BCUT2D eigenvalue weighted by Crippen LogP contribution is -2.34. The van der Waals surface area contributed by atoms with E-state index < -0.39 is 0 Å². The van der Waals surface area contributed by atoms with Crippen molar-refractivity contribution in [3.8, 4) is 11.5 Å². The number of para-hydroxylation sites is 2. The number of benzene rings is 2. The predicted molar refractivity (Wildman–Crippen MR) is 120 cm³/mol. The van der Waals surface area contributed by atoms with Gasteiger partial charge in [0.1, 0.15) is 17.3 Å². The maximum Gasteiger partial charge on any atom is 0.230 e. The first-order valence-corrected chi connectivity index (χ1v) is 11.1. The molecule has 0 atom stereocenters. The van der Waals surface area contributed by atoms with Crippen LogP contribution in [0.5, 0.6) is 11.5 Å². The number of piperidine rings is 1. The Bertz CT molecular complexity index is 847. The Morgan fingerprint density at radius 1 is 1.00 bits per heavy atom. The molecule has 2 heterocycles. The molecule has 0 bridgehead atoms. The van der Waals surface area contributed by atoms with Crippen LogP contribution in [0.25, 0.3) is 5.57 Å². The van der Waals surface area contributed by atoms with Crippen LogP contribution < -0.4 is 9.47 Å². The first-order chi connectivity index (χ1) is 14.7. The molecule has 0 radical (unpaired) electrons. The zero-order chi connectivity index (χ0) is 20.8. The first-order valence-electron chi connectivity index (χ1n) is 11.1. The Kier molecular flexibility index (Phi) is 6.85. The van der Waals surface area contributed by atoms with Gasteiger partial charge in [-0.3, -0.25) is 0 Å². The van der Waals surface area contributed by atoms with Crippen molar-refractivity contribution in [2.24, 2.45) is 5.92 Å². The molecule has 158 valence electrons. The van der Waals surface area contributed by atoms with E-state index in [-0.39, 0.29) is 6.79 Å². The third-order valence-corrected chi connectivity index (χ3v) is 6.19. The molecular formula is C26H31NO3. The summed E-state index contributed by atoms with van der Waals surface area (Å²) in [6.45, 7) is 5.23. The number of hydrogen-bond donors (Lipinski definition) is 0. The molecule has 0 unspecified atom stereocenters. The molecule has 2 aromatic carbocycles. The van der Waals surface area contributed by atoms with E-state index in [0.717, 1.165) is 61.5 Å². The van der Waals surface area contributed by atoms with Crippen molar-refractivity contribution in [1.29, 1.82) is 0 Å². The van der Waals surface area contributed by atoms with E-state index in [0.29, 0.717) is 11.7 Å². The molecular weight excluding hydrogens is 374 g/mol. The molecule has 30 heavy (non-hydrogen) atoms. The van der Waals surface area contributed by atoms with Gasteiger partial charge in [-0.1, -0.05) is 42.5 Å². The fraction of sp³-hybridized carbons (Fsp3) is 0.423. The second-order valence-corrected chi connectivity index (χ2v) is 8.33. The Morgan fingerprint density at radius 3 is 2.20 bits per heavy atom. The average Bonchev–Trinajstić information content (AvgIpc) is 2.76. The number of likely N-dealkylation sites (tertiary alicyclic amines) is 1. The summed E-state index contributed by atoms with van der Waals surface area (Å²) >= 11 is 0. The van der Waals surface area contributed by atoms with Gasteiger partial charge >= 0.3 is 0 Å². The van der Waals surface area contributed by atoms with Crippen LogP contribution in [-0.4, -0.2) is 37.1 Å². The van der Waals surface area contributed by atoms with Crippen LogP contribution in [-0.2, 0) is 4.79 Å². The fourth-order valence-corrected chi connectivity index (χ4v) is 4.45. The van der Waals surface area contributed by atoms with Gasteiger partial charge in [0, 0.05) is 24.1 Å². The smallest absolute Gasteiger partial charge is 0.230 e. The highest BCUT2D eigenvalue weighted by molar-refractivity contribution is 5.85. The van der Waals surface area contributed by atoms with Crippen LogP contribution in [0.2, 0.25) is 0 Å². The minimum atomic E-state index is 0.222. The number of Topliss-reactive ketones (excluding diaryl/α,β-unsaturated/α-hetero) is 1. The minimum Gasteiger partial charge on any atom is -0.457 e. The number of ether oxygens (including phenoxy) is 2. The van der Waals surface area contributed by atoms with E-state index in [9.17, 15) is 4.79 Å². The third kappa shape index (κ3) is 5.11. The number of nitrogens with zero attached hydrogens (tertiary/aromatic N) is 1. The summed E-state index contributed by atoms with van der Waals surface area (Å²) in [6.07, 6.45) is 7.52. The summed E-state index contributed by atoms with van der Waals surface area (Å²) < 4.78 is 11.7. The van der Waals surface area contributed by atoms with Gasteiger partial charge in [0.05, 0.1) is 0 Å². The summed E-state index contributed by atoms with van der Waals surface area (Å²) in [5, 5.41) is 0. The highest BCUT2D eigenvalue weighted by Crippen LogP contribution is 2.37. The van der Waals surface area contributed by atoms with Crippen molar-refractivity contribution < 1.29 is 14.3 Å². The van der Waals surface area contributed by atoms with Crippen LogP contribution in [0.3, 0.4) is 0 Å². The maximum atomic E-state index is 11.2. The predicted octanol–water partition coefficient (Wildman–Crippen LogP) is 5.32. The van der Waals surface area contributed by atoms with Crippen LogP contribution in [0.4, 0.5) is 0 Å². The average molecular weight is 406 g/mol. The van der Waals surface area contributed by atoms with Gasteiger partial charge in [-0.25, -0.2) is 0 Å². The second kappa shape index (κ2) is 9.94. The zero-order valence-electron chi connectivity index (χ0n) is 17.8. The van der Waals surface area contributed by atoms with E-state index in [1.54, 1.807) is 6.92 Å². The fourth-order valence-electron chi connectivity index (χ4n) is 4.45. The molecule has 0 aromatic heterocycles. The third-order valence-electron chi connectivity index (χ3n) is 6.19. The molecule has 0 saturated carbocycles. The molecule has 0 amide bonds. The van der Waals surface area contributed by atoms with Gasteiger partial charge in [0.15, 0.2) is 0 Å². The van der Waals surface area contributed by atoms with Gasteiger partial charge in [-0.05, 0) is 69.3 Å². The van der Waals surface area contributed by atoms with Crippen molar-refractivity contribution in [2.45, 2.75) is 39.0 Å². The number of ketones is 1. The van der Waals surface area contributed by atoms with Crippen molar-refractivity contribution >= 4 is 11.4 Å². The van der Waals surface area contributed by atoms with E-state index >= 15 is 0 Å². The van der Waals surface area contributed by atoms with Crippen LogP contribution in [0, 0.1) is 5.92 Å². The molecule has 4 nitrogen and oxygen atoms in total. The summed E-state index contributed by atoms with van der Waals surface area (Å²) in [4.78, 5) is 13.8. The number of carbonyl (C=O) groups excluding carboxylic acids is 1. The SMILES string of the molecule is CC(=O)CCC1CCN(CCC=C2c3ccccc3OCOc3ccccc32)CC1. The van der Waals surface area contributed by atoms with Gasteiger partial charge in [0.2, 0.25) is 6.79 Å². The second-order valence-electron chi connectivity index (χ2n) is 8.33. The Labute approximate surface area is 179 Å². The number of rotatable bonds is 6. The monoisotopic (exact) mass is 405 g/mol. The van der Waals surface area contributed by atoms with Crippen molar-refractivity contribution in [2.75, 3.05) is 26.4 Å². The van der Waals surface area contributed by atoms with E-state index in [2.05, 4.69) is 35.2 Å². The topological polar surface area (TPSA) is 38.8 Å². The van der Waals surface area contributed by atoms with Gasteiger partial charge < -0.3 is 19.2 Å². The summed E-state index contributed by atoms with van der Waals surface area (Å²) in [6, 6.07) is 16.4. The zero-order valence-corrected chi connectivity index (χ0v) is 17.8. The van der Waals surface area contributed by atoms with E-state index in [1.807, 2.05) is 24.3 Å². The highest BCUT2D eigenvalue weighted by Gasteiger charge is 2.20. The lowest BCUT2D eigenvalue weighted by atomic mass is 9.91. The molecule has 1 fully saturated rings. The summed E-state index contributed by atoms with van der Waals surface area (Å²) in [5.41, 5.74) is 3.42. The minimum absolute atomic E-state index is 0.222. The lowest BCUT2D eigenvalue weighted by molar-refractivity contribution is -0.117. The van der Waals surface area contributed by atoms with Crippen molar-refractivity contribution in [1.82, 2.24) is 4.90 Å². The first kappa shape index (κ1) is 20.7. The van der Waals surface area contributed by atoms with Gasteiger partial charge in [0.25, 0.3) is 0 Å². The molecule has 2 aliphatic heterocycles. The quantitative estimate of drug-likeness (QED) is 0.652. The number of fused-ring (bicyclic) bond motifs is 2. The number of hydrogen-bond acceptors (Lipinski definition) is 4. The van der Waals surface area contributed by atoms with Crippen molar-refractivity contribution in [3.05, 3.63) is 65.7 Å². The number of carbonyl (C=O) groups is 1. The maximum absolute atomic E-state index is 11.2. The molecule has 2 aliphatic rings. The Balaban J connectivity index is 1.44. The molecule has 2 aromatic rings. The normalized spacial score (nSPS) is 17.0. The molecule has 0 aliphatic carbocycles. The summed E-state index contributed by atoms with van der Waals surface area (Å²) in [7, 11) is 0. The van der Waals surface area contributed by atoms with Crippen LogP contribution in [0.15, 0.2) is 54.6 Å². The van der Waals surface area contributed by atoms with Crippen LogP contribution in [0.1, 0.15) is 50.2 Å². The largest absolute Gasteiger partial charge is 0.457 e.